The Balaban J connectivity index is 1.61. The first-order chi connectivity index (χ1) is 21.3. The standard InChI is InChI=1S/C35H42O9Si/c1-24(31(36)40-23-28-17-11-8-12-18-28)41-32(37)25(2)42-33(38)26(3)43-34(39)27(4)44-45(35(5,6)7,29-19-13-9-14-20-29)30-21-15-10-16-22-30/h8-22,24-27H,23H2,1-7H3/t24-,25-,26-,27+/m1/s1. The third-order valence-corrected chi connectivity index (χ3v) is 12.3. The summed E-state index contributed by atoms with van der Waals surface area (Å²) < 4.78 is 27.7. The average Bonchev–Trinajstić information content (AvgIpc) is 3.02. The van der Waals surface area contributed by atoms with Crippen LogP contribution in [0.25, 0.3) is 0 Å². The molecule has 0 fully saturated rings. The maximum absolute atomic E-state index is 13.3. The van der Waals surface area contributed by atoms with Crippen LogP contribution in [0.1, 0.15) is 54.0 Å². The van der Waals surface area contributed by atoms with Gasteiger partial charge in [-0.3, -0.25) is 0 Å². The van der Waals surface area contributed by atoms with Crippen molar-refractivity contribution >= 4 is 42.6 Å². The maximum Gasteiger partial charge on any atom is 0.347 e. The van der Waals surface area contributed by atoms with Crippen molar-refractivity contribution in [2.24, 2.45) is 0 Å². The summed E-state index contributed by atoms with van der Waals surface area (Å²) in [6.07, 6.45) is -4.96. The average molecular weight is 635 g/mol. The van der Waals surface area contributed by atoms with E-state index in [0.717, 1.165) is 15.9 Å². The van der Waals surface area contributed by atoms with Crippen LogP contribution in [0.4, 0.5) is 0 Å². The predicted molar refractivity (Wildman–Crippen MR) is 171 cm³/mol. The van der Waals surface area contributed by atoms with E-state index in [-0.39, 0.29) is 11.6 Å². The Kier molecular flexibility index (Phi) is 12.2. The molecule has 0 heterocycles. The zero-order valence-electron chi connectivity index (χ0n) is 26.9. The number of rotatable bonds is 13. The quantitative estimate of drug-likeness (QED) is 0.152. The molecule has 3 aromatic carbocycles. The van der Waals surface area contributed by atoms with E-state index in [1.54, 1.807) is 19.1 Å². The second-order valence-electron chi connectivity index (χ2n) is 11.8. The second kappa shape index (κ2) is 15.6. The first-order valence-corrected chi connectivity index (χ1v) is 16.8. The van der Waals surface area contributed by atoms with Gasteiger partial charge in [-0.1, -0.05) is 112 Å². The molecule has 45 heavy (non-hydrogen) atoms. The molecule has 0 saturated carbocycles. The molecule has 0 aliphatic heterocycles. The van der Waals surface area contributed by atoms with E-state index in [2.05, 4.69) is 20.8 Å². The van der Waals surface area contributed by atoms with E-state index < -0.39 is 56.6 Å². The summed E-state index contributed by atoms with van der Waals surface area (Å²) in [5.74, 6) is -3.40. The Hall–Kier alpha value is -4.28. The van der Waals surface area contributed by atoms with Crippen molar-refractivity contribution in [2.45, 2.75) is 84.5 Å². The molecule has 0 bridgehead atoms. The molecule has 0 radical (unpaired) electrons. The molecule has 9 nitrogen and oxygen atoms in total. The van der Waals surface area contributed by atoms with E-state index in [1.807, 2.05) is 78.9 Å². The zero-order valence-corrected chi connectivity index (χ0v) is 27.9. The van der Waals surface area contributed by atoms with Gasteiger partial charge >= 0.3 is 23.9 Å². The smallest absolute Gasteiger partial charge is 0.347 e. The van der Waals surface area contributed by atoms with Crippen molar-refractivity contribution in [3.8, 4) is 0 Å². The van der Waals surface area contributed by atoms with Gasteiger partial charge in [0.05, 0.1) is 0 Å². The van der Waals surface area contributed by atoms with Crippen LogP contribution in [0.2, 0.25) is 5.04 Å². The second-order valence-corrected chi connectivity index (χ2v) is 16.0. The number of hydrogen-bond donors (Lipinski definition) is 0. The Morgan fingerprint density at radius 1 is 0.556 bits per heavy atom. The van der Waals surface area contributed by atoms with Crippen LogP contribution in [0.3, 0.4) is 0 Å². The summed E-state index contributed by atoms with van der Waals surface area (Å²) in [5, 5.41) is 1.60. The van der Waals surface area contributed by atoms with Crippen LogP contribution in [0.5, 0.6) is 0 Å². The van der Waals surface area contributed by atoms with Crippen LogP contribution in [0, 0.1) is 0 Å². The van der Waals surface area contributed by atoms with Crippen molar-refractivity contribution in [1.29, 1.82) is 0 Å². The van der Waals surface area contributed by atoms with E-state index in [9.17, 15) is 19.2 Å². The molecular formula is C35H42O9Si. The number of carbonyl (C=O) groups is 4. The van der Waals surface area contributed by atoms with Gasteiger partial charge in [0.25, 0.3) is 8.32 Å². The molecule has 0 amide bonds. The molecule has 0 saturated heterocycles. The Morgan fingerprint density at radius 3 is 1.31 bits per heavy atom. The third-order valence-electron chi connectivity index (χ3n) is 7.20. The van der Waals surface area contributed by atoms with Crippen molar-refractivity contribution in [2.75, 3.05) is 0 Å². The van der Waals surface area contributed by atoms with Gasteiger partial charge in [0.2, 0.25) is 0 Å². The fraction of sp³-hybridized carbons (Fsp3) is 0.371. The van der Waals surface area contributed by atoms with E-state index in [0.29, 0.717) is 0 Å². The van der Waals surface area contributed by atoms with Gasteiger partial charge in [0.1, 0.15) is 12.7 Å². The molecular weight excluding hydrogens is 592 g/mol. The highest BCUT2D eigenvalue weighted by atomic mass is 28.4. The van der Waals surface area contributed by atoms with Gasteiger partial charge in [-0.25, -0.2) is 19.2 Å². The third kappa shape index (κ3) is 9.12. The first-order valence-electron chi connectivity index (χ1n) is 14.9. The van der Waals surface area contributed by atoms with Crippen LogP contribution in [-0.2, 0) is 49.2 Å². The summed E-state index contributed by atoms with van der Waals surface area (Å²) in [5.41, 5.74) is 0.779. The number of benzene rings is 3. The first kappa shape index (κ1) is 35.2. The highest BCUT2D eigenvalue weighted by molar-refractivity contribution is 6.99. The van der Waals surface area contributed by atoms with Crippen LogP contribution in [-0.4, -0.2) is 56.6 Å². The normalized spacial score (nSPS) is 14.3. The van der Waals surface area contributed by atoms with Crippen LogP contribution in [0.15, 0.2) is 91.0 Å². The Labute approximate surface area is 265 Å². The minimum atomic E-state index is -3.06. The molecule has 0 unspecified atom stereocenters. The van der Waals surface area contributed by atoms with Gasteiger partial charge in [-0.15, -0.1) is 0 Å². The molecule has 240 valence electrons. The molecule has 0 aliphatic carbocycles. The summed E-state index contributed by atoms with van der Waals surface area (Å²) >= 11 is 0. The van der Waals surface area contributed by atoms with Gasteiger partial charge in [-0.05, 0) is 48.7 Å². The van der Waals surface area contributed by atoms with Crippen molar-refractivity contribution in [3.63, 3.8) is 0 Å². The largest absolute Gasteiger partial charge is 0.458 e. The Bertz CT molecular complexity index is 1380. The van der Waals surface area contributed by atoms with Gasteiger partial charge in [0, 0.05) is 0 Å². The number of carbonyl (C=O) groups excluding carboxylic acids is 4. The van der Waals surface area contributed by atoms with Crippen LogP contribution < -0.4 is 10.4 Å². The lowest BCUT2D eigenvalue weighted by Gasteiger charge is -2.44. The lowest BCUT2D eigenvalue weighted by molar-refractivity contribution is -0.183. The number of ether oxygens (including phenoxy) is 4. The topological polar surface area (TPSA) is 114 Å². The monoisotopic (exact) mass is 634 g/mol. The molecule has 4 atom stereocenters. The fourth-order valence-electron chi connectivity index (χ4n) is 4.81. The highest BCUT2D eigenvalue weighted by Gasteiger charge is 2.52. The van der Waals surface area contributed by atoms with E-state index in [1.165, 1.54) is 20.8 Å². The highest BCUT2D eigenvalue weighted by Crippen LogP contribution is 2.37. The van der Waals surface area contributed by atoms with Crippen LogP contribution >= 0.6 is 0 Å². The Morgan fingerprint density at radius 2 is 0.911 bits per heavy atom. The fourth-order valence-corrected chi connectivity index (χ4v) is 9.45. The number of esters is 4. The van der Waals surface area contributed by atoms with Gasteiger partial charge < -0.3 is 23.4 Å². The SMILES string of the molecule is C[C@H](O[Si](c1ccccc1)(c1ccccc1)C(C)(C)C)C(=O)O[C@H](C)C(=O)O[C@H](C)C(=O)O[C@H](C)C(=O)OCc1ccccc1. The van der Waals surface area contributed by atoms with Crippen molar-refractivity contribution < 1.29 is 42.6 Å². The van der Waals surface area contributed by atoms with Gasteiger partial charge in [0.15, 0.2) is 18.3 Å². The summed E-state index contributed by atoms with van der Waals surface area (Å²) in [7, 11) is -3.06. The molecule has 0 aromatic heterocycles. The lowest BCUT2D eigenvalue weighted by Crippen LogP contribution is -2.68. The summed E-state index contributed by atoms with van der Waals surface area (Å²) in [6.45, 7) is 11.9. The predicted octanol–water partition coefficient (Wildman–Crippen LogP) is 4.49. The molecule has 0 spiro atoms. The molecule has 0 aliphatic rings. The minimum absolute atomic E-state index is 0.0210. The molecule has 10 heteroatoms. The molecule has 0 N–H and O–H groups in total. The van der Waals surface area contributed by atoms with Crippen molar-refractivity contribution in [1.82, 2.24) is 0 Å². The minimum Gasteiger partial charge on any atom is -0.458 e. The van der Waals surface area contributed by atoms with Crippen molar-refractivity contribution in [3.05, 3.63) is 96.6 Å². The molecule has 3 aromatic rings. The summed E-state index contributed by atoms with van der Waals surface area (Å²) in [4.78, 5) is 50.8. The van der Waals surface area contributed by atoms with E-state index >= 15 is 0 Å². The van der Waals surface area contributed by atoms with Gasteiger partial charge in [-0.2, -0.15) is 0 Å². The lowest BCUT2D eigenvalue weighted by atomic mass is 10.2. The number of hydrogen-bond acceptors (Lipinski definition) is 9. The maximum atomic E-state index is 13.3. The molecule has 3 rings (SSSR count). The summed E-state index contributed by atoms with van der Waals surface area (Å²) in [6, 6.07) is 28.7. The van der Waals surface area contributed by atoms with E-state index in [4.69, 9.17) is 23.4 Å². The zero-order chi connectivity index (χ0) is 33.2.